The molecule has 0 aliphatic carbocycles. The van der Waals surface area contributed by atoms with Crippen LogP contribution in [0.15, 0.2) is 66.7 Å². The summed E-state index contributed by atoms with van der Waals surface area (Å²) in [6.45, 7) is 2.56. The molecule has 1 aliphatic heterocycles. The first-order valence-electron chi connectivity index (χ1n) is 10.4. The molecule has 164 valence electrons. The van der Waals surface area contributed by atoms with Gasteiger partial charge in [-0.3, -0.25) is 19.1 Å². The van der Waals surface area contributed by atoms with Crippen LogP contribution >= 0.6 is 0 Å². The zero-order valence-electron chi connectivity index (χ0n) is 18.0. The summed E-state index contributed by atoms with van der Waals surface area (Å²) in [4.78, 5) is 40.0. The maximum atomic E-state index is 13.0. The Morgan fingerprint density at radius 2 is 1.53 bits per heavy atom. The molecule has 0 fully saturated rings. The molecule has 8 nitrogen and oxygen atoms in total. The number of likely N-dealkylation sites (N-methyl/N-ethyl adjacent to an activating group) is 1. The van der Waals surface area contributed by atoms with Gasteiger partial charge in [-0.05, 0) is 18.1 Å². The molecule has 0 saturated carbocycles. The van der Waals surface area contributed by atoms with Gasteiger partial charge in [0.15, 0.2) is 5.69 Å². The smallest absolute Gasteiger partial charge is 0.272 e. The van der Waals surface area contributed by atoms with E-state index in [0.717, 1.165) is 11.1 Å². The van der Waals surface area contributed by atoms with Gasteiger partial charge in [-0.15, -0.1) is 0 Å². The van der Waals surface area contributed by atoms with E-state index in [9.17, 15) is 14.4 Å². The van der Waals surface area contributed by atoms with Crippen LogP contribution in [0.1, 0.15) is 39.0 Å². The normalized spacial score (nSPS) is 17.6. The van der Waals surface area contributed by atoms with Crippen molar-refractivity contribution in [3.05, 3.63) is 89.2 Å². The fourth-order valence-electron chi connectivity index (χ4n) is 3.68. The first kappa shape index (κ1) is 21.3. The molecule has 4 rings (SSSR count). The predicted molar refractivity (Wildman–Crippen MR) is 119 cm³/mol. The molecule has 0 radical (unpaired) electrons. The molecule has 1 aliphatic rings. The lowest BCUT2D eigenvalue weighted by Crippen LogP contribution is -2.62. The molecule has 0 spiro atoms. The zero-order valence-corrected chi connectivity index (χ0v) is 18.0. The molecular weight excluding hydrogens is 406 g/mol. The number of aromatic nitrogens is 2. The molecular formula is C24H25N5O3. The second kappa shape index (κ2) is 8.66. The van der Waals surface area contributed by atoms with E-state index in [0.29, 0.717) is 13.1 Å². The molecule has 0 saturated heterocycles. The Kier molecular flexibility index (Phi) is 5.77. The van der Waals surface area contributed by atoms with Crippen molar-refractivity contribution >= 4 is 17.7 Å². The van der Waals surface area contributed by atoms with Crippen molar-refractivity contribution in [1.82, 2.24) is 25.3 Å². The van der Waals surface area contributed by atoms with Crippen LogP contribution in [0, 0.1) is 0 Å². The van der Waals surface area contributed by atoms with Crippen LogP contribution in [0.2, 0.25) is 0 Å². The van der Waals surface area contributed by atoms with E-state index in [4.69, 9.17) is 0 Å². The van der Waals surface area contributed by atoms with E-state index < -0.39 is 5.54 Å². The van der Waals surface area contributed by atoms with Crippen molar-refractivity contribution < 1.29 is 14.4 Å². The van der Waals surface area contributed by atoms with Gasteiger partial charge in [0.25, 0.3) is 11.8 Å². The van der Waals surface area contributed by atoms with E-state index in [1.165, 1.54) is 15.6 Å². The Bertz CT molecular complexity index is 1140. The number of benzene rings is 2. The number of nitrogens with zero attached hydrogens (tertiary/aromatic N) is 3. The second-order valence-electron chi connectivity index (χ2n) is 8.05. The van der Waals surface area contributed by atoms with Crippen molar-refractivity contribution in [2.24, 2.45) is 0 Å². The molecule has 1 unspecified atom stereocenters. The molecule has 2 N–H and O–H groups in total. The number of amides is 3. The monoisotopic (exact) mass is 431 g/mol. The topological polar surface area (TPSA) is 96.3 Å². The van der Waals surface area contributed by atoms with Gasteiger partial charge in [-0.25, -0.2) is 0 Å². The van der Waals surface area contributed by atoms with Gasteiger partial charge in [0, 0.05) is 26.2 Å². The number of rotatable bonds is 6. The van der Waals surface area contributed by atoms with Gasteiger partial charge in [0.05, 0.1) is 6.54 Å². The minimum Gasteiger partial charge on any atom is -0.350 e. The molecule has 2 aromatic carbocycles. The Morgan fingerprint density at radius 3 is 2.12 bits per heavy atom. The fourth-order valence-corrected chi connectivity index (χ4v) is 3.68. The van der Waals surface area contributed by atoms with Crippen LogP contribution in [-0.4, -0.2) is 45.0 Å². The van der Waals surface area contributed by atoms with Gasteiger partial charge in [0.2, 0.25) is 5.91 Å². The Balaban J connectivity index is 1.48. The van der Waals surface area contributed by atoms with Crippen LogP contribution in [0.4, 0.5) is 0 Å². The van der Waals surface area contributed by atoms with Crippen molar-refractivity contribution in [2.75, 3.05) is 7.05 Å². The van der Waals surface area contributed by atoms with Crippen molar-refractivity contribution in [1.29, 1.82) is 0 Å². The summed E-state index contributed by atoms with van der Waals surface area (Å²) in [7, 11) is 1.59. The lowest BCUT2D eigenvalue weighted by Gasteiger charge is -2.40. The van der Waals surface area contributed by atoms with Crippen molar-refractivity contribution in [3.63, 3.8) is 0 Å². The molecule has 8 heteroatoms. The summed E-state index contributed by atoms with van der Waals surface area (Å²) in [5.41, 5.74) is 1.22. The number of carbonyl (C=O) groups is 3. The Morgan fingerprint density at radius 1 is 0.969 bits per heavy atom. The van der Waals surface area contributed by atoms with Gasteiger partial charge in [0.1, 0.15) is 11.2 Å². The van der Waals surface area contributed by atoms with E-state index >= 15 is 0 Å². The first-order valence-corrected chi connectivity index (χ1v) is 10.4. The summed E-state index contributed by atoms with van der Waals surface area (Å²) in [6, 6.07) is 20.6. The van der Waals surface area contributed by atoms with Crippen LogP contribution in [0.3, 0.4) is 0 Å². The largest absolute Gasteiger partial charge is 0.350 e. The molecule has 1 atom stereocenters. The summed E-state index contributed by atoms with van der Waals surface area (Å²) >= 11 is 0. The third-order valence-corrected chi connectivity index (χ3v) is 5.82. The van der Waals surface area contributed by atoms with Gasteiger partial charge in [-0.1, -0.05) is 60.7 Å². The van der Waals surface area contributed by atoms with Crippen molar-refractivity contribution in [2.45, 2.75) is 32.1 Å². The lowest BCUT2D eigenvalue weighted by atomic mass is 9.96. The third kappa shape index (κ3) is 4.12. The van der Waals surface area contributed by atoms with Crippen molar-refractivity contribution in [3.8, 4) is 0 Å². The van der Waals surface area contributed by atoms with E-state index in [2.05, 4.69) is 15.7 Å². The second-order valence-corrected chi connectivity index (χ2v) is 8.05. The van der Waals surface area contributed by atoms with E-state index in [1.807, 2.05) is 60.7 Å². The standard InChI is InChI=1S/C24H25N5O3/c1-24(23(32)26-15-18-11-7-4-8-12-18)16-29-20(22(31)28(24)2)13-19(27-29)21(30)25-14-17-9-5-3-6-10-17/h3-13H,14-16H2,1-2H3,(H,25,30)(H,26,32). The van der Waals surface area contributed by atoms with Gasteiger partial charge >= 0.3 is 0 Å². The molecule has 3 amide bonds. The number of hydrogen-bond acceptors (Lipinski definition) is 4. The zero-order chi connectivity index (χ0) is 22.7. The highest BCUT2D eigenvalue weighted by Gasteiger charge is 2.46. The maximum Gasteiger partial charge on any atom is 0.272 e. The molecule has 1 aromatic heterocycles. The SMILES string of the molecule is CN1C(=O)c2cc(C(=O)NCc3ccccc3)nn2CC1(C)C(=O)NCc1ccccc1. The van der Waals surface area contributed by atoms with Crippen LogP contribution < -0.4 is 10.6 Å². The third-order valence-electron chi connectivity index (χ3n) is 5.82. The molecule has 32 heavy (non-hydrogen) atoms. The minimum absolute atomic E-state index is 0.145. The molecule has 2 heterocycles. The van der Waals surface area contributed by atoms with Gasteiger partial charge in [-0.2, -0.15) is 5.10 Å². The average Bonchev–Trinajstić information content (AvgIpc) is 3.24. The molecule has 3 aromatic rings. The van der Waals surface area contributed by atoms with E-state index in [1.54, 1.807) is 14.0 Å². The Hall–Kier alpha value is -3.94. The van der Waals surface area contributed by atoms with Gasteiger partial charge < -0.3 is 15.5 Å². The summed E-state index contributed by atoms with van der Waals surface area (Å²) in [5, 5.41) is 10.0. The average molecular weight is 431 g/mol. The lowest BCUT2D eigenvalue weighted by molar-refractivity contribution is -0.132. The van der Waals surface area contributed by atoms with Crippen LogP contribution in [-0.2, 0) is 24.4 Å². The summed E-state index contributed by atoms with van der Waals surface area (Å²) in [6.07, 6.45) is 0. The maximum absolute atomic E-state index is 13.0. The first-order chi connectivity index (χ1) is 15.4. The highest BCUT2D eigenvalue weighted by atomic mass is 16.2. The Labute approximate surface area is 186 Å². The van der Waals surface area contributed by atoms with Crippen LogP contribution in [0.5, 0.6) is 0 Å². The minimum atomic E-state index is -1.14. The number of fused-ring (bicyclic) bond motifs is 1. The summed E-state index contributed by atoms with van der Waals surface area (Å²) in [5.74, 6) is -1.02. The number of hydrogen-bond donors (Lipinski definition) is 2. The fraction of sp³-hybridized carbons (Fsp3) is 0.250. The van der Waals surface area contributed by atoms with Crippen LogP contribution in [0.25, 0.3) is 0 Å². The highest BCUT2D eigenvalue weighted by molar-refractivity contribution is 6.01. The summed E-state index contributed by atoms with van der Waals surface area (Å²) < 4.78 is 1.45. The quantitative estimate of drug-likeness (QED) is 0.624. The van der Waals surface area contributed by atoms with E-state index in [-0.39, 0.29) is 35.7 Å². The number of carbonyl (C=O) groups excluding carboxylic acids is 3. The predicted octanol–water partition coefficient (Wildman–Crippen LogP) is 1.97. The number of nitrogens with one attached hydrogen (secondary N) is 2. The molecule has 0 bridgehead atoms. The highest BCUT2D eigenvalue weighted by Crippen LogP contribution is 2.26.